The zero-order valence-electron chi connectivity index (χ0n) is 10.4. The molecular weight excluding hydrogens is 242 g/mol. The molecule has 1 unspecified atom stereocenters. The first-order chi connectivity index (χ1) is 8.06. The lowest BCUT2D eigenvalue weighted by atomic mass is 10.1. The molecule has 0 fully saturated rings. The number of aliphatic carboxylic acids is 1. The number of hydrogen-bond donors (Lipinski definition) is 2. The van der Waals surface area contributed by atoms with Gasteiger partial charge in [0, 0.05) is 25.3 Å². The summed E-state index contributed by atoms with van der Waals surface area (Å²) in [5, 5.41) is 11.3. The molecule has 0 bridgehead atoms. The molecule has 0 aromatic carbocycles. The van der Waals surface area contributed by atoms with Crippen LogP contribution in [-0.2, 0) is 14.3 Å². The first kappa shape index (κ1) is 16.2. The Bertz CT molecular complexity index is 236. The summed E-state index contributed by atoms with van der Waals surface area (Å²) >= 11 is 1.53. The van der Waals surface area contributed by atoms with E-state index >= 15 is 0 Å². The smallest absolute Gasteiger partial charge is 0.303 e. The van der Waals surface area contributed by atoms with Gasteiger partial charge in [0.1, 0.15) is 0 Å². The molecule has 0 saturated carbocycles. The Kier molecular flexibility index (Phi) is 9.95. The minimum Gasteiger partial charge on any atom is -0.481 e. The fourth-order valence-electron chi connectivity index (χ4n) is 1.26. The van der Waals surface area contributed by atoms with Crippen molar-refractivity contribution in [1.29, 1.82) is 0 Å². The van der Waals surface area contributed by atoms with Crippen molar-refractivity contribution in [2.45, 2.75) is 32.2 Å². The van der Waals surface area contributed by atoms with Gasteiger partial charge < -0.3 is 15.2 Å². The molecule has 2 N–H and O–H groups in total. The standard InChI is InChI=1S/C11H21NO4S/c1-9(4-3-5-11(14)15)12-10(13)8-17-7-6-16-2/h9H,3-8H2,1-2H3,(H,12,13)(H,14,15). The maximum absolute atomic E-state index is 11.4. The van der Waals surface area contributed by atoms with Crippen molar-refractivity contribution in [2.75, 3.05) is 25.2 Å². The van der Waals surface area contributed by atoms with Crippen LogP contribution in [0.15, 0.2) is 0 Å². The van der Waals surface area contributed by atoms with E-state index in [2.05, 4.69) is 5.32 Å². The molecule has 100 valence electrons. The van der Waals surface area contributed by atoms with Crippen LogP contribution in [0.5, 0.6) is 0 Å². The molecule has 0 heterocycles. The van der Waals surface area contributed by atoms with Crippen molar-refractivity contribution in [1.82, 2.24) is 5.32 Å². The summed E-state index contributed by atoms with van der Waals surface area (Å²) in [6.07, 6.45) is 1.44. The number of amides is 1. The third-order valence-corrected chi connectivity index (χ3v) is 3.02. The van der Waals surface area contributed by atoms with Gasteiger partial charge in [0.2, 0.25) is 5.91 Å². The van der Waals surface area contributed by atoms with E-state index < -0.39 is 5.97 Å². The quantitative estimate of drug-likeness (QED) is 0.578. The van der Waals surface area contributed by atoms with Crippen LogP contribution < -0.4 is 5.32 Å². The summed E-state index contributed by atoms with van der Waals surface area (Å²) in [5.41, 5.74) is 0. The molecule has 5 nitrogen and oxygen atoms in total. The molecule has 0 rings (SSSR count). The zero-order valence-corrected chi connectivity index (χ0v) is 11.2. The van der Waals surface area contributed by atoms with Gasteiger partial charge in [-0.25, -0.2) is 0 Å². The molecule has 0 aliphatic heterocycles. The highest BCUT2D eigenvalue weighted by Crippen LogP contribution is 2.02. The van der Waals surface area contributed by atoms with Crippen LogP contribution in [0, 0.1) is 0 Å². The molecule has 0 aliphatic rings. The van der Waals surface area contributed by atoms with Gasteiger partial charge in [-0.3, -0.25) is 9.59 Å². The van der Waals surface area contributed by atoms with E-state index in [0.717, 1.165) is 5.75 Å². The van der Waals surface area contributed by atoms with E-state index in [-0.39, 0.29) is 18.4 Å². The number of thioether (sulfide) groups is 1. The number of carboxylic acids is 1. The molecule has 0 aliphatic carbocycles. The Morgan fingerprint density at radius 1 is 1.47 bits per heavy atom. The van der Waals surface area contributed by atoms with Crippen LogP contribution in [0.4, 0.5) is 0 Å². The maximum atomic E-state index is 11.4. The molecule has 6 heteroatoms. The summed E-state index contributed by atoms with van der Waals surface area (Å²) in [7, 11) is 1.63. The number of rotatable bonds is 10. The average Bonchev–Trinajstić information content (AvgIpc) is 2.23. The number of methoxy groups -OCH3 is 1. The van der Waals surface area contributed by atoms with Gasteiger partial charge in [-0.05, 0) is 19.8 Å². The Labute approximate surface area is 106 Å². The van der Waals surface area contributed by atoms with Crippen LogP contribution >= 0.6 is 11.8 Å². The molecule has 1 atom stereocenters. The SMILES string of the molecule is COCCSCC(=O)NC(C)CCCC(=O)O. The third-order valence-electron chi connectivity index (χ3n) is 2.10. The van der Waals surface area contributed by atoms with Crippen molar-refractivity contribution >= 4 is 23.6 Å². The summed E-state index contributed by atoms with van der Waals surface area (Å²) in [4.78, 5) is 21.7. The average molecular weight is 263 g/mol. The predicted octanol–water partition coefficient (Wildman–Crippen LogP) is 1.13. The monoisotopic (exact) mass is 263 g/mol. The Morgan fingerprint density at radius 2 is 2.18 bits per heavy atom. The molecule has 0 radical (unpaired) electrons. The Balaban J connectivity index is 3.48. The lowest BCUT2D eigenvalue weighted by Crippen LogP contribution is -2.34. The molecule has 17 heavy (non-hydrogen) atoms. The van der Waals surface area contributed by atoms with Gasteiger partial charge in [0.25, 0.3) is 0 Å². The first-order valence-electron chi connectivity index (χ1n) is 5.64. The number of carbonyl (C=O) groups excluding carboxylic acids is 1. The van der Waals surface area contributed by atoms with Crippen LogP contribution in [0.1, 0.15) is 26.2 Å². The first-order valence-corrected chi connectivity index (χ1v) is 6.79. The summed E-state index contributed by atoms with van der Waals surface area (Å²) in [5.74, 6) is 0.428. The molecule has 0 saturated heterocycles. The van der Waals surface area contributed by atoms with Crippen molar-refractivity contribution < 1.29 is 19.4 Å². The zero-order chi connectivity index (χ0) is 13.1. The Hall–Kier alpha value is -0.750. The minimum atomic E-state index is -0.793. The third kappa shape index (κ3) is 11.5. The second kappa shape index (κ2) is 10.4. The molecular formula is C11H21NO4S. The van der Waals surface area contributed by atoms with E-state index in [1.54, 1.807) is 7.11 Å². The van der Waals surface area contributed by atoms with Gasteiger partial charge in [0.05, 0.1) is 12.4 Å². The normalized spacial score (nSPS) is 12.1. The second-order valence-electron chi connectivity index (χ2n) is 3.80. The second-order valence-corrected chi connectivity index (χ2v) is 4.91. The lowest BCUT2D eigenvalue weighted by Gasteiger charge is -2.12. The van der Waals surface area contributed by atoms with Gasteiger partial charge in [-0.1, -0.05) is 0 Å². The topological polar surface area (TPSA) is 75.6 Å². The largest absolute Gasteiger partial charge is 0.481 e. The highest BCUT2D eigenvalue weighted by Gasteiger charge is 2.08. The fourth-order valence-corrected chi connectivity index (χ4v) is 1.95. The molecule has 0 aromatic heterocycles. The van der Waals surface area contributed by atoms with Gasteiger partial charge in [0.15, 0.2) is 0 Å². The van der Waals surface area contributed by atoms with Crippen molar-refractivity contribution in [3.8, 4) is 0 Å². The van der Waals surface area contributed by atoms with Crippen molar-refractivity contribution in [3.63, 3.8) is 0 Å². The van der Waals surface area contributed by atoms with E-state index in [4.69, 9.17) is 9.84 Å². The Morgan fingerprint density at radius 3 is 2.76 bits per heavy atom. The van der Waals surface area contributed by atoms with Gasteiger partial charge in [-0.2, -0.15) is 0 Å². The fraction of sp³-hybridized carbons (Fsp3) is 0.818. The van der Waals surface area contributed by atoms with E-state index in [9.17, 15) is 9.59 Å². The highest BCUT2D eigenvalue weighted by atomic mass is 32.2. The van der Waals surface area contributed by atoms with E-state index in [0.29, 0.717) is 25.2 Å². The number of ether oxygens (including phenoxy) is 1. The summed E-state index contributed by atoms with van der Waals surface area (Å²) in [6, 6.07) is 0.0323. The van der Waals surface area contributed by atoms with Crippen LogP contribution in [-0.4, -0.2) is 48.2 Å². The number of nitrogens with one attached hydrogen (secondary N) is 1. The van der Waals surface area contributed by atoms with Crippen molar-refractivity contribution in [2.24, 2.45) is 0 Å². The van der Waals surface area contributed by atoms with Crippen LogP contribution in [0.3, 0.4) is 0 Å². The predicted molar refractivity (Wildman–Crippen MR) is 68.3 cm³/mol. The summed E-state index contributed by atoms with van der Waals surface area (Å²) < 4.78 is 4.87. The molecule has 0 spiro atoms. The highest BCUT2D eigenvalue weighted by molar-refractivity contribution is 7.99. The van der Waals surface area contributed by atoms with Crippen molar-refractivity contribution in [3.05, 3.63) is 0 Å². The minimum absolute atomic E-state index is 0.00562. The van der Waals surface area contributed by atoms with E-state index in [1.807, 2.05) is 6.92 Å². The van der Waals surface area contributed by atoms with Crippen LogP contribution in [0.2, 0.25) is 0 Å². The molecule has 0 aromatic rings. The number of carboxylic acid groups (broad SMARTS) is 1. The van der Waals surface area contributed by atoms with E-state index in [1.165, 1.54) is 11.8 Å². The van der Waals surface area contributed by atoms with Crippen LogP contribution in [0.25, 0.3) is 0 Å². The van der Waals surface area contributed by atoms with Gasteiger partial charge >= 0.3 is 5.97 Å². The number of carbonyl (C=O) groups is 2. The maximum Gasteiger partial charge on any atom is 0.303 e. The molecule has 1 amide bonds. The summed E-state index contributed by atoms with van der Waals surface area (Å²) in [6.45, 7) is 2.53. The number of hydrogen-bond acceptors (Lipinski definition) is 4. The lowest BCUT2D eigenvalue weighted by molar-refractivity contribution is -0.137. The van der Waals surface area contributed by atoms with Gasteiger partial charge in [-0.15, -0.1) is 11.8 Å².